The summed E-state index contributed by atoms with van der Waals surface area (Å²) in [6, 6.07) is 12.6. The van der Waals surface area contributed by atoms with E-state index in [9.17, 15) is 9.59 Å². The Kier molecular flexibility index (Phi) is 7.50. The van der Waals surface area contributed by atoms with Crippen molar-refractivity contribution >= 4 is 17.5 Å². The van der Waals surface area contributed by atoms with Crippen molar-refractivity contribution in [3.05, 3.63) is 53.6 Å². The first-order valence-corrected chi connectivity index (χ1v) is 11.7. The second-order valence-electron chi connectivity index (χ2n) is 8.81. The van der Waals surface area contributed by atoms with E-state index in [1.165, 1.54) is 52.3 Å². The average Bonchev–Trinajstić information content (AvgIpc) is 2.87. The molecule has 0 aromatic heterocycles. The van der Waals surface area contributed by atoms with Gasteiger partial charge in [-0.05, 0) is 87.2 Å². The van der Waals surface area contributed by atoms with Crippen LogP contribution in [0.5, 0.6) is 11.5 Å². The van der Waals surface area contributed by atoms with Gasteiger partial charge in [0, 0.05) is 29.4 Å². The third-order valence-corrected chi connectivity index (χ3v) is 6.80. The van der Waals surface area contributed by atoms with Gasteiger partial charge in [-0.2, -0.15) is 0 Å². The minimum absolute atomic E-state index is 0.0688. The molecule has 0 saturated carbocycles. The molecule has 2 aliphatic rings. The van der Waals surface area contributed by atoms with Crippen molar-refractivity contribution in [2.75, 3.05) is 39.2 Å². The fourth-order valence-electron chi connectivity index (χ4n) is 5.03. The van der Waals surface area contributed by atoms with Crippen molar-refractivity contribution in [2.24, 2.45) is 5.92 Å². The van der Waals surface area contributed by atoms with Gasteiger partial charge in [-0.3, -0.25) is 9.59 Å². The van der Waals surface area contributed by atoms with E-state index >= 15 is 0 Å². The number of hydrogen-bond acceptors (Lipinski definition) is 5. The van der Waals surface area contributed by atoms with Crippen molar-refractivity contribution < 1.29 is 19.1 Å². The van der Waals surface area contributed by atoms with Crippen LogP contribution in [0.25, 0.3) is 0 Å². The van der Waals surface area contributed by atoms with Gasteiger partial charge in [0.25, 0.3) is 11.8 Å². The number of carbonyl (C=O) groups is 2. The van der Waals surface area contributed by atoms with Crippen molar-refractivity contribution in [2.45, 2.75) is 38.1 Å². The zero-order valence-corrected chi connectivity index (χ0v) is 19.4. The van der Waals surface area contributed by atoms with Crippen LogP contribution in [0.4, 0.5) is 5.69 Å². The lowest BCUT2D eigenvalue weighted by atomic mass is 9.83. The number of nitrogens with zero attached hydrogens (tertiary/aromatic N) is 1. The Morgan fingerprint density at radius 3 is 2.36 bits per heavy atom. The summed E-state index contributed by atoms with van der Waals surface area (Å²) in [6.45, 7) is 3.12. The summed E-state index contributed by atoms with van der Waals surface area (Å²) in [4.78, 5) is 27.9. The van der Waals surface area contributed by atoms with Gasteiger partial charge in [-0.25, -0.2) is 0 Å². The van der Waals surface area contributed by atoms with Crippen molar-refractivity contribution in [3.63, 3.8) is 0 Å². The molecule has 2 N–H and O–H groups in total. The number of rotatable bonds is 7. The molecule has 0 spiro atoms. The van der Waals surface area contributed by atoms with Gasteiger partial charge in [0.05, 0.1) is 14.2 Å². The Labute approximate surface area is 195 Å². The summed E-state index contributed by atoms with van der Waals surface area (Å²) < 4.78 is 10.5. The summed E-state index contributed by atoms with van der Waals surface area (Å²) in [5, 5.41) is 5.99. The highest BCUT2D eigenvalue weighted by atomic mass is 16.5. The smallest absolute Gasteiger partial charge is 0.255 e. The van der Waals surface area contributed by atoms with E-state index in [-0.39, 0.29) is 11.8 Å². The number of hydrogen-bond donors (Lipinski definition) is 2. The van der Waals surface area contributed by atoms with Crippen LogP contribution < -0.4 is 20.1 Å². The summed E-state index contributed by atoms with van der Waals surface area (Å²) in [6.07, 6.45) is 6.23. The molecule has 2 saturated heterocycles. The minimum atomic E-state index is -0.262. The maximum atomic E-state index is 12.7. The predicted octanol–water partition coefficient (Wildman–Crippen LogP) is 3.95. The van der Waals surface area contributed by atoms with Crippen LogP contribution in [-0.2, 0) is 0 Å². The van der Waals surface area contributed by atoms with Crippen LogP contribution in [0.3, 0.4) is 0 Å². The Bertz CT molecular complexity index is 974. The fourth-order valence-corrected chi connectivity index (χ4v) is 5.03. The predicted molar refractivity (Wildman–Crippen MR) is 128 cm³/mol. The normalized spacial score (nSPS) is 20.4. The lowest BCUT2D eigenvalue weighted by Gasteiger charge is -2.44. The topological polar surface area (TPSA) is 79.9 Å². The quantitative estimate of drug-likeness (QED) is 0.666. The van der Waals surface area contributed by atoms with Crippen LogP contribution in [0.15, 0.2) is 42.5 Å². The van der Waals surface area contributed by atoms with Crippen molar-refractivity contribution in [1.29, 1.82) is 0 Å². The van der Waals surface area contributed by atoms with E-state index in [1.807, 2.05) is 0 Å². The molecule has 2 aliphatic heterocycles. The summed E-state index contributed by atoms with van der Waals surface area (Å²) in [5.74, 6) is 1.26. The first kappa shape index (κ1) is 23.1. The molecule has 7 heteroatoms. The third kappa shape index (κ3) is 5.47. The highest BCUT2D eigenvalue weighted by molar-refractivity contribution is 6.05. The minimum Gasteiger partial charge on any atom is -0.493 e. The zero-order valence-electron chi connectivity index (χ0n) is 19.4. The largest absolute Gasteiger partial charge is 0.493 e. The molecule has 2 amide bonds. The molecule has 4 rings (SSSR count). The lowest BCUT2D eigenvalue weighted by Crippen LogP contribution is -2.51. The number of carbonyl (C=O) groups excluding carboxylic acids is 2. The third-order valence-electron chi connectivity index (χ3n) is 6.80. The van der Waals surface area contributed by atoms with Crippen molar-refractivity contribution in [3.8, 4) is 11.5 Å². The number of ether oxygens (including phenoxy) is 2. The zero-order chi connectivity index (χ0) is 23.2. The fraction of sp³-hybridized carbons (Fsp3) is 0.462. The Morgan fingerprint density at radius 2 is 1.61 bits per heavy atom. The SMILES string of the molecule is COc1ccc(C(=O)Nc2ccc(C(=O)NC[C@@H]3CCCN4CCCC[C@H]34)cc2)cc1OC. The molecule has 33 heavy (non-hydrogen) atoms. The summed E-state index contributed by atoms with van der Waals surface area (Å²) in [7, 11) is 3.08. The highest BCUT2D eigenvalue weighted by Gasteiger charge is 2.32. The molecule has 176 valence electrons. The molecule has 0 radical (unpaired) electrons. The van der Waals surface area contributed by atoms with E-state index < -0.39 is 0 Å². The van der Waals surface area contributed by atoms with E-state index in [2.05, 4.69) is 15.5 Å². The van der Waals surface area contributed by atoms with E-state index in [4.69, 9.17) is 9.47 Å². The molecule has 2 aromatic rings. The van der Waals surface area contributed by atoms with Crippen LogP contribution in [-0.4, -0.2) is 56.6 Å². The van der Waals surface area contributed by atoms with E-state index in [1.54, 1.807) is 49.6 Å². The second kappa shape index (κ2) is 10.7. The number of piperidine rings is 2. The first-order valence-electron chi connectivity index (χ1n) is 11.7. The summed E-state index contributed by atoms with van der Waals surface area (Å²) >= 11 is 0. The van der Waals surface area contributed by atoms with Crippen LogP contribution in [0.1, 0.15) is 52.8 Å². The molecule has 0 bridgehead atoms. The van der Waals surface area contributed by atoms with Gasteiger partial charge in [0.15, 0.2) is 11.5 Å². The van der Waals surface area contributed by atoms with Gasteiger partial charge in [-0.1, -0.05) is 6.42 Å². The number of nitrogens with one attached hydrogen (secondary N) is 2. The van der Waals surface area contributed by atoms with Gasteiger partial charge in [0.1, 0.15) is 0 Å². The van der Waals surface area contributed by atoms with Gasteiger partial charge in [-0.15, -0.1) is 0 Å². The molecule has 7 nitrogen and oxygen atoms in total. The molecule has 2 heterocycles. The lowest BCUT2D eigenvalue weighted by molar-refractivity contribution is 0.0575. The van der Waals surface area contributed by atoms with E-state index in [0.29, 0.717) is 40.3 Å². The molecule has 0 aliphatic carbocycles. The van der Waals surface area contributed by atoms with Gasteiger partial charge >= 0.3 is 0 Å². The summed E-state index contributed by atoms with van der Waals surface area (Å²) in [5.41, 5.74) is 1.67. The molecule has 0 unspecified atom stereocenters. The molecule has 2 atom stereocenters. The van der Waals surface area contributed by atoms with Gasteiger partial charge < -0.3 is 25.0 Å². The first-order chi connectivity index (χ1) is 16.1. The van der Waals surface area contributed by atoms with E-state index in [0.717, 1.165) is 6.54 Å². The molecule has 2 fully saturated rings. The maximum absolute atomic E-state index is 12.7. The maximum Gasteiger partial charge on any atom is 0.255 e. The Balaban J connectivity index is 1.32. The number of fused-ring (bicyclic) bond motifs is 1. The van der Waals surface area contributed by atoms with Crippen molar-refractivity contribution in [1.82, 2.24) is 10.2 Å². The number of benzene rings is 2. The average molecular weight is 452 g/mol. The Morgan fingerprint density at radius 1 is 0.879 bits per heavy atom. The molecule has 2 aromatic carbocycles. The van der Waals surface area contributed by atoms with Crippen LogP contribution in [0.2, 0.25) is 0 Å². The number of methoxy groups -OCH3 is 2. The Hall–Kier alpha value is -3.06. The highest BCUT2D eigenvalue weighted by Crippen LogP contribution is 2.30. The number of amides is 2. The van der Waals surface area contributed by atoms with Crippen LogP contribution in [0, 0.1) is 5.92 Å². The standard InChI is InChI=1S/C26H33N3O4/c1-32-23-13-10-19(16-24(23)33-2)26(31)28-21-11-8-18(9-12-21)25(30)27-17-20-6-5-15-29-14-4-3-7-22(20)29/h8-13,16,20,22H,3-7,14-15,17H2,1-2H3,(H,27,30)(H,28,31)/t20-,22+/m0/s1. The molecular weight excluding hydrogens is 418 g/mol. The van der Waals surface area contributed by atoms with Gasteiger partial charge in [0.2, 0.25) is 0 Å². The number of anilines is 1. The molecular formula is C26H33N3O4. The second-order valence-corrected chi connectivity index (χ2v) is 8.81. The van der Waals surface area contributed by atoms with Crippen LogP contribution >= 0.6 is 0 Å². The monoisotopic (exact) mass is 451 g/mol.